The maximum Gasteiger partial charge on any atom is 0.252 e. The summed E-state index contributed by atoms with van der Waals surface area (Å²) in [5.41, 5.74) is 1.01. The van der Waals surface area contributed by atoms with E-state index in [-0.39, 0.29) is 17.9 Å². The molecule has 1 atom stereocenters. The molecule has 152 valence electrons. The minimum absolute atomic E-state index is 0.0189. The van der Waals surface area contributed by atoms with Crippen LogP contribution in [0.2, 0.25) is 0 Å². The Hall–Kier alpha value is -1.90. The third-order valence-corrected chi connectivity index (χ3v) is 8.24. The van der Waals surface area contributed by atoms with Gasteiger partial charge in [0.2, 0.25) is 5.91 Å². The second-order valence-corrected chi connectivity index (χ2v) is 9.96. The molecule has 1 unspecified atom stereocenters. The molecule has 0 saturated carbocycles. The summed E-state index contributed by atoms with van der Waals surface area (Å²) in [6.07, 6.45) is 1.07. The molecule has 28 heavy (non-hydrogen) atoms. The number of carbonyl (C=O) groups excluding carboxylic acids is 1. The molecule has 1 aliphatic rings. The summed E-state index contributed by atoms with van der Waals surface area (Å²) < 4.78 is 32.5. The molecule has 1 fully saturated rings. The van der Waals surface area contributed by atoms with Crippen molar-refractivity contribution in [2.24, 2.45) is 5.92 Å². The fourth-order valence-electron chi connectivity index (χ4n) is 3.33. The summed E-state index contributed by atoms with van der Waals surface area (Å²) in [5, 5.41) is 4.81. The van der Waals surface area contributed by atoms with Crippen molar-refractivity contribution >= 4 is 27.3 Å². The molecule has 3 rings (SSSR count). The Morgan fingerprint density at radius 3 is 2.50 bits per heavy atom. The van der Waals surface area contributed by atoms with Crippen LogP contribution in [0.1, 0.15) is 38.3 Å². The zero-order valence-corrected chi connectivity index (χ0v) is 17.8. The number of amides is 1. The van der Waals surface area contributed by atoms with Gasteiger partial charge in [-0.25, -0.2) is 8.42 Å². The van der Waals surface area contributed by atoms with Crippen molar-refractivity contribution < 1.29 is 17.9 Å². The Labute approximate surface area is 170 Å². The standard InChI is InChI=1S/C20H26N2O4S2/c1-3-26-18-8-6-16(7-9-18)15(2)21-20(23)17-10-12-22(13-11-17)28(24,25)19-5-4-14-27-19/h4-9,14-15,17H,3,10-13H2,1-2H3,(H,21,23). The second kappa shape index (κ2) is 9.07. The number of sulfonamides is 1. The first-order valence-electron chi connectivity index (χ1n) is 9.48. The highest BCUT2D eigenvalue weighted by atomic mass is 32.2. The van der Waals surface area contributed by atoms with Gasteiger partial charge in [0.05, 0.1) is 12.6 Å². The zero-order valence-electron chi connectivity index (χ0n) is 16.1. The van der Waals surface area contributed by atoms with Crippen molar-refractivity contribution in [3.05, 3.63) is 47.3 Å². The minimum Gasteiger partial charge on any atom is -0.494 e. The number of carbonyl (C=O) groups is 1. The number of benzene rings is 1. The van der Waals surface area contributed by atoms with Gasteiger partial charge in [-0.1, -0.05) is 18.2 Å². The van der Waals surface area contributed by atoms with Crippen LogP contribution in [0.5, 0.6) is 5.75 Å². The lowest BCUT2D eigenvalue weighted by Crippen LogP contribution is -2.43. The molecule has 1 N–H and O–H groups in total. The van der Waals surface area contributed by atoms with Crippen molar-refractivity contribution in [1.82, 2.24) is 9.62 Å². The Kier molecular flexibility index (Phi) is 6.74. The number of ether oxygens (including phenoxy) is 1. The SMILES string of the molecule is CCOc1ccc(C(C)NC(=O)C2CCN(S(=O)(=O)c3cccs3)CC2)cc1. The number of rotatable bonds is 7. The molecule has 0 bridgehead atoms. The maximum atomic E-state index is 12.6. The quantitative estimate of drug-likeness (QED) is 0.742. The van der Waals surface area contributed by atoms with Crippen molar-refractivity contribution in [2.75, 3.05) is 19.7 Å². The molecule has 1 aliphatic heterocycles. The Morgan fingerprint density at radius 1 is 1.25 bits per heavy atom. The first kappa shape index (κ1) is 20.8. The molecule has 2 aromatic rings. The van der Waals surface area contributed by atoms with Crippen LogP contribution >= 0.6 is 11.3 Å². The Morgan fingerprint density at radius 2 is 1.93 bits per heavy atom. The molecule has 0 spiro atoms. The van der Waals surface area contributed by atoms with E-state index in [1.165, 1.54) is 15.6 Å². The number of nitrogens with zero attached hydrogens (tertiary/aromatic N) is 1. The number of hydrogen-bond acceptors (Lipinski definition) is 5. The maximum absolute atomic E-state index is 12.6. The number of hydrogen-bond donors (Lipinski definition) is 1. The average Bonchev–Trinajstić information content (AvgIpc) is 3.24. The highest BCUT2D eigenvalue weighted by Gasteiger charge is 2.32. The Balaban J connectivity index is 1.53. The second-order valence-electron chi connectivity index (χ2n) is 6.84. The predicted molar refractivity (Wildman–Crippen MR) is 110 cm³/mol. The van der Waals surface area contributed by atoms with Crippen molar-refractivity contribution in [3.63, 3.8) is 0 Å². The van der Waals surface area contributed by atoms with Gasteiger partial charge in [-0.15, -0.1) is 11.3 Å². The van der Waals surface area contributed by atoms with E-state index in [4.69, 9.17) is 4.74 Å². The zero-order chi connectivity index (χ0) is 20.1. The lowest BCUT2D eigenvalue weighted by Gasteiger charge is -2.30. The molecule has 1 saturated heterocycles. The van der Waals surface area contributed by atoms with Gasteiger partial charge in [0.15, 0.2) is 0 Å². The summed E-state index contributed by atoms with van der Waals surface area (Å²) in [7, 11) is -3.43. The van der Waals surface area contributed by atoms with Gasteiger partial charge >= 0.3 is 0 Å². The normalized spacial score (nSPS) is 17.2. The van der Waals surface area contributed by atoms with E-state index < -0.39 is 10.0 Å². The monoisotopic (exact) mass is 422 g/mol. The summed E-state index contributed by atoms with van der Waals surface area (Å²) in [4.78, 5) is 12.6. The van der Waals surface area contributed by atoms with Gasteiger partial charge in [0.1, 0.15) is 9.96 Å². The van der Waals surface area contributed by atoms with Crippen LogP contribution < -0.4 is 10.1 Å². The smallest absolute Gasteiger partial charge is 0.252 e. The molecular formula is C20H26N2O4S2. The lowest BCUT2D eigenvalue weighted by atomic mass is 9.96. The molecule has 0 aliphatic carbocycles. The summed E-state index contributed by atoms with van der Waals surface area (Å²) >= 11 is 1.22. The highest BCUT2D eigenvalue weighted by Crippen LogP contribution is 2.27. The summed E-state index contributed by atoms with van der Waals surface area (Å²) in [5.74, 6) is 0.624. The van der Waals surface area contributed by atoms with Crippen molar-refractivity contribution in [2.45, 2.75) is 36.9 Å². The summed E-state index contributed by atoms with van der Waals surface area (Å²) in [6.45, 7) is 5.25. The third-order valence-electron chi connectivity index (χ3n) is 4.96. The number of thiophene rings is 1. The van der Waals surface area contributed by atoms with Gasteiger partial charge in [0.25, 0.3) is 10.0 Å². The van der Waals surface area contributed by atoms with Gasteiger partial charge in [0, 0.05) is 19.0 Å². The topological polar surface area (TPSA) is 75.7 Å². The molecule has 8 heteroatoms. The fourth-order valence-corrected chi connectivity index (χ4v) is 5.94. The lowest BCUT2D eigenvalue weighted by molar-refractivity contribution is -0.126. The number of nitrogens with one attached hydrogen (secondary N) is 1. The van der Waals surface area contributed by atoms with E-state index in [0.717, 1.165) is 11.3 Å². The van der Waals surface area contributed by atoms with Crippen molar-refractivity contribution in [1.29, 1.82) is 0 Å². The molecule has 6 nitrogen and oxygen atoms in total. The largest absolute Gasteiger partial charge is 0.494 e. The molecule has 1 aromatic heterocycles. The van der Waals surface area contributed by atoms with Crippen molar-refractivity contribution in [3.8, 4) is 5.75 Å². The van der Waals surface area contributed by atoms with Crippen LogP contribution in [0.3, 0.4) is 0 Å². The van der Waals surface area contributed by atoms with E-state index in [1.54, 1.807) is 17.5 Å². The van der Waals surface area contributed by atoms with E-state index in [9.17, 15) is 13.2 Å². The fraction of sp³-hybridized carbons (Fsp3) is 0.450. The minimum atomic E-state index is -3.43. The van der Waals surface area contributed by atoms with E-state index in [1.807, 2.05) is 38.1 Å². The van der Waals surface area contributed by atoms with Crippen LogP contribution in [0.25, 0.3) is 0 Å². The van der Waals surface area contributed by atoms with Gasteiger partial charge in [-0.2, -0.15) is 4.31 Å². The van der Waals surface area contributed by atoms with Crippen LogP contribution in [-0.2, 0) is 14.8 Å². The van der Waals surface area contributed by atoms with Gasteiger partial charge in [-0.05, 0) is 55.8 Å². The van der Waals surface area contributed by atoms with Crippen LogP contribution in [0.15, 0.2) is 46.0 Å². The molecular weight excluding hydrogens is 396 g/mol. The third kappa shape index (κ3) is 4.74. The van der Waals surface area contributed by atoms with E-state index >= 15 is 0 Å². The molecule has 0 radical (unpaired) electrons. The highest BCUT2D eigenvalue weighted by molar-refractivity contribution is 7.91. The van der Waals surface area contributed by atoms with Gasteiger partial charge < -0.3 is 10.1 Å². The first-order chi connectivity index (χ1) is 13.4. The molecule has 2 heterocycles. The molecule has 1 amide bonds. The summed E-state index contributed by atoms with van der Waals surface area (Å²) in [6, 6.07) is 10.9. The average molecular weight is 423 g/mol. The Bertz CT molecular complexity index is 871. The van der Waals surface area contributed by atoms with E-state index in [0.29, 0.717) is 36.7 Å². The molecule has 1 aromatic carbocycles. The van der Waals surface area contributed by atoms with Gasteiger partial charge in [-0.3, -0.25) is 4.79 Å². The van der Waals surface area contributed by atoms with Crippen LogP contribution in [0, 0.1) is 5.92 Å². The van der Waals surface area contributed by atoms with Crippen LogP contribution in [0.4, 0.5) is 0 Å². The number of piperidine rings is 1. The van der Waals surface area contributed by atoms with E-state index in [2.05, 4.69) is 5.32 Å². The van der Waals surface area contributed by atoms with Crippen LogP contribution in [-0.4, -0.2) is 38.3 Å². The predicted octanol–water partition coefficient (Wildman–Crippen LogP) is 3.42. The first-order valence-corrected chi connectivity index (χ1v) is 11.8.